The lowest BCUT2D eigenvalue weighted by molar-refractivity contribution is -0.154. The zero-order valence-corrected chi connectivity index (χ0v) is 15.6. The van der Waals surface area contributed by atoms with Crippen LogP contribution in [0.5, 0.6) is 5.88 Å². The molecule has 7 nitrogen and oxygen atoms in total. The van der Waals surface area contributed by atoms with Gasteiger partial charge in [-0.05, 0) is 38.3 Å². The van der Waals surface area contributed by atoms with E-state index in [1.165, 1.54) is 18.2 Å². The molecule has 2 heterocycles. The molecule has 2 aromatic rings. The monoisotopic (exact) mass is 408 g/mol. The van der Waals surface area contributed by atoms with E-state index in [1.54, 1.807) is 13.0 Å². The van der Waals surface area contributed by atoms with E-state index in [9.17, 15) is 22.8 Å². The summed E-state index contributed by atoms with van der Waals surface area (Å²) in [5.74, 6) is -0.535. The van der Waals surface area contributed by atoms with Crippen molar-refractivity contribution in [2.45, 2.75) is 38.8 Å². The molecule has 0 unspecified atom stereocenters. The number of amides is 1. The number of ether oxygens (including phenoxy) is 1. The van der Waals surface area contributed by atoms with Crippen LogP contribution < -0.4 is 10.1 Å². The van der Waals surface area contributed by atoms with Crippen LogP contribution in [0.3, 0.4) is 0 Å². The lowest BCUT2D eigenvalue weighted by atomic mass is 10.1. The Morgan fingerprint density at radius 2 is 1.97 bits per heavy atom. The van der Waals surface area contributed by atoms with E-state index in [4.69, 9.17) is 0 Å². The Labute approximate surface area is 164 Å². The highest BCUT2D eigenvalue weighted by molar-refractivity contribution is 5.96. The Bertz CT molecular complexity index is 914. The second-order valence-corrected chi connectivity index (χ2v) is 6.78. The van der Waals surface area contributed by atoms with E-state index in [1.807, 2.05) is 0 Å². The Kier molecular flexibility index (Phi) is 6.09. The minimum Gasteiger partial charge on any atom is -0.468 e. The molecule has 0 bridgehead atoms. The summed E-state index contributed by atoms with van der Waals surface area (Å²) in [5, 5.41) is 2.61. The van der Waals surface area contributed by atoms with Gasteiger partial charge in [-0.3, -0.25) is 14.9 Å². The first-order valence-corrected chi connectivity index (χ1v) is 9.05. The number of Topliss-reactive ketones (excluding diaryl/α,β-unsaturated/α-hetero) is 1. The lowest BCUT2D eigenvalue weighted by Gasteiger charge is -2.09. The number of carbonyl (C=O) groups is 2. The molecule has 1 aliphatic rings. The number of rotatable bonds is 8. The molecule has 0 atom stereocenters. The first-order chi connectivity index (χ1) is 13.7. The molecule has 1 aliphatic carbocycles. The second-order valence-electron chi connectivity index (χ2n) is 6.78. The van der Waals surface area contributed by atoms with E-state index in [0.717, 1.165) is 12.8 Å². The highest BCUT2D eigenvalue weighted by Crippen LogP contribution is 2.29. The highest BCUT2D eigenvalue weighted by Gasteiger charge is 2.30. The molecule has 0 saturated heterocycles. The third kappa shape index (κ3) is 6.51. The highest BCUT2D eigenvalue weighted by atomic mass is 19.4. The molecule has 0 aliphatic heterocycles. The Balaban J connectivity index is 1.60. The predicted octanol–water partition coefficient (Wildman–Crippen LogP) is 3.29. The molecule has 0 radical (unpaired) electrons. The van der Waals surface area contributed by atoms with Gasteiger partial charge < -0.3 is 4.74 Å². The number of nitrogens with zero attached hydrogens (tertiary/aromatic N) is 3. The lowest BCUT2D eigenvalue weighted by Crippen LogP contribution is -2.19. The summed E-state index contributed by atoms with van der Waals surface area (Å²) < 4.78 is 41.3. The third-order valence-corrected chi connectivity index (χ3v) is 4.10. The number of nitrogens with one attached hydrogen (secondary N) is 1. The van der Waals surface area contributed by atoms with E-state index in [0.29, 0.717) is 11.4 Å². The Morgan fingerprint density at radius 1 is 1.21 bits per heavy atom. The zero-order valence-electron chi connectivity index (χ0n) is 15.6. The number of alkyl halides is 3. The SMILES string of the molecule is Cc1cc(C(=O)CCc2cccc(OCC(F)(F)F)n2)nc(NC(=O)C2CC2)n1. The van der Waals surface area contributed by atoms with Gasteiger partial charge in [0.2, 0.25) is 17.7 Å². The number of halogens is 3. The zero-order chi connectivity index (χ0) is 21.0. The molecule has 1 fully saturated rings. The third-order valence-electron chi connectivity index (χ3n) is 4.10. The van der Waals surface area contributed by atoms with Crippen LogP contribution in [0.2, 0.25) is 0 Å². The van der Waals surface area contributed by atoms with Crippen LogP contribution >= 0.6 is 0 Å². The van der Waals surface area contributed by atoms with Gasteiger partial charge in [0.05, 0.1) is 0 Å². The normalized spacial score (nSPS) is 13.8. The molecule has 1 saturated carbocycles. The Morgan fingerprint density at radius 3 is 2.66 bits per heavy atom. The van der Waals surface area contributed by atoms with Crippen molar-refractivity contribution in [2.24, 2.45) is 5.92 Å². The summed E-state index contributed by atoms with van der Waals surface area (Å²) in [7, 11) is 0. The fourth-order valence-corrected chi connectivity index (χ4v) is 2.53. The number of anilines is 1. The smallest absolute Gasteiger partial charge is 0.422 e. The standard InChI is InChI=1S/C19H19F3N4O3/c1-11-9-14(25-18(23-11)26-17(28)12-5-6-12)15(27)8-7-13-3-2-4-16(24-13)29-10-19(20,21)22/h2-4,9,12H,5-8,10H2,1H3,(H,23,25,26,28). The number of pyridine rings is 1. The Hall–Kier alpha value is -3.04. The van der Waals surface area contributed by atoms with Crippen molar-refractivity contribution in [1.82, 2.24) is 15.0 Å². The van der Waals surface area contributed by atoms with Gasteiger partial charge in [0.1, 0.15) is 5.69 Å². The van der Waals surface area contributed by atoms with Gasteiger partial charge in [-0.25, -0.2) is 15.0 Å². The summed E-state index contributed by atoms with van der Waals surface area (Å²) in [4.78, 5) is 36.6. The van der Waals surface area contributed by atoms with Crippen LogP contribution in [0.4, 0.5) is 19.1 Å². The molecule has 1 amide bonds. The van der Waals surface area contributed by atoms with Crippen LogP contribution in [-0.4, -0.2) is 39.4 Å². The number of carbonyl (C=O) groups excluding carboxylic acids is 2. The quantitative estimate of drug-likeness (QED) is 0.674. The van der Waals surface area contributed by atoms with Crippen molar-refractivity contribution in [1.29, 1.82) is 0 Å². The number of ketones is 1. The van der Waals surface area contributed by atoms with Gasteiger partial charge in [-0.1, -0.05) is 6.07 Å². The average molecular weight is 408 g/mol. The minimum atomic E-state index is -4.45. The van der Waals surface area contributed by atoms with Crippen LogP contribution in [0.1, 0.15) is 41.1 Å². The first-order valence-electron chi connectivity index (χ1n) is 9.05. The average Bonchev–Trinajstić information content (AvgIpc) is 3.49. The van der Waals surface area contributed by atoms with Crippen molar-refractivity contribution < 1.29 is 27.5 Å². The summed E-state index contributed by atoms with van der Waals surface area (Å²) in [5.41, 5.74) is 1.12. The molecular formula is C19H19F3N4O3. The topological polar surface area (TPSA) is 94.1 Å². The molecule has 154 valence electrons. The van der Waals surface area contributed by atoms with Crippen molar-refractivity contribution in [3.63, 3.8) is 0 Å². The molecule has 1 N–H and O–H groups in total. The number of aryl methyl sites for hydroxylation is 2. The van der Waals surface area contributed by atoms with E-state index in [2.05, 4.69) is 25.0 Å². The van der Waals surface area contributed by atoms with Crippen LogP contribution in [0.15, 0.2) is 24.3 Å². The van der Waals surface area contributed by atoms with Gasteiger partial charge in [0, 0.05) is 29.8 Å². The van der Waals surface area contributed by atoms with Crippen molar-refractivity contribution >= 4 is 17.6 Å². The van der Waals surface area contributed by atoms with Gasteiger partial charge in [0.25, 0.3) is 0 Å². The molecular weight excluding hydrogens is 389 g/mol. The molecule has 3 rings (SSSR count). The van der Waals surface area contributed by atoms with E-state index in [-0.39, 0.29) is 48.0 Å². The summed E-state index contributed by atoms with van der Waals surface area (Å²) >= 11 is 0. The summed E-state index contributed by atoms with van der Waals surface area (Å²) in [6.07, 6.45) is -2.54. The first kappa shape index (κ1) is 20.7. The number of aromatic nitrogens is 3. The summed E-state index contributed by atoms with van der Waals surface area (Å²) in [6.45, 7) is 0.256. The molecule has 29 heavy (non-hydrogen) atoms. The maximum absolute atomic E-state index is 12.5. The van der Waals surface area contributed by atoms with Gasteiger partial charge in [-0.15, -0.1) is 0 Å². The molecule has 0 aromatic carbocycles. The molecule has 0 spiro atoms. The largest absolute Gasteiger partial charge is 0.468 e. The fourth-order valence-electron chi connectivity index (χ4n) is 2.53. The van der Waals surface area contributed by atoms with Gasteiger partial charge in [0.15, 0.2) is 12.4 Å². The van der Waals surface area contributed by atoms with Gasteiger partial charge in [-0.2, -0.15) is 13.2 Å². The maximum atomic E-state index is 12.5. The van der Waals surface area contributed by atoms with Crippen molar-refractivity contribution in [2.75, 3.05) is 11.9 Å². The number of hydrogen-bond acceptors (Lipinski definition) is 6. The fraction of sp³-hybridized carbons (Fsp3) is 0.421. The van der Waals surface area contributed by atoms with Gasteiger partial charge >= 0.3 is 6.18 Å². The maximum Gasteiger partial charge on any atom is 0.422 e. The minimum absolute atomic E-state index is 0.0174. The molecule has 10 heteroatoms. The van der Waals surface area contributed by atoms with Crippen LogP contribution in [-0.2, 0) is 11.2 Å². The van der Waals surface area contributed by atoms with Crippen LogP contribution in [0, 0.1) is 12.8 Å². The van der Waals surface area contributed by atoms with Crippen LogP contribution in [0.25, 0.3) is 0 Å². The predicted molar refractivity (Wildman–Crippen MR) is 96.6 cm³/mol. The van der Waals surface area contributed by atoms with Crippen molar-refractivity contribution in [3.8, 4) is 5.88 Å². The summed E-state index contributed by atoms with van der Waals surface area (Å²) in [6, 6.07) is 5.95. The second kappa shape index (κ2) is 8.54. The molecule has 2 aromatic heterocycles. The van der Waals surface area contributed by atoms with E-state index < -0.39 is 12.8 Å². The van der Waals surface area contributed by atoms with E-state index >= 15 is 0 Å². The number of hydrogen-bond donors (Lipinski definition) is 1. The van der Waals surface area contributed by atoms with Crippen molar-refractivity contribution in [3.05, 3.63) is 41.3 Å².